The molecule has 0 amide bonds. The molecule has 2 aromatic carbocycles. The van der Waals surface area contributed by atoms with Gasteiger partial charge in [0.2, 0.25) is 10.0 Å². The highest BCUT2D eigenvalue weighted by molar-refractivity contribution is 7.89. The summed E-state index contributed by atoms with van der Waals surface area (Å²) >= 11 is 6.14. The Kier molecular flexibility index (Phi) is 4.97. The van der Waals surface area contributed by atoms with Gasteiger partial charge in [0.25, 0.3) is 0 Å². The van der Waals surface area contributed by atoms with E-state index in [-0.39, 0.29) is 21.6 Å². The summed E-state index contributed by atoms with van der Waals surface area (Å²) < 4.78 is 32.7. The van der Waals surface area contributed by atoms with Crippen molar-refractivity contribution in [3.8, 4) is 0 Å². The molecular weight excluding hydrogens is 386 g/mol. The Hall–Kier alpha value is -1.89. The average molecular weight is 406 g/mol. The summed E-state index contributed by atoms with van der Waals surface area (Å²) in [6.45, 7) is 0.957. The van der Waals surface area contributed by atoms with Gasteiger partial charge < -0.3 is 4.74 Å². The molecule has 0 aromatic heterocycles. The van der Waals surface area contributed by atoms with E-state index in [1.807, 2.05) is 24.3 Å². The largest absolute Gasteiger partial charge is 0.454 e. The summed E-state index contributed by atoms with van der Waals surface area (Å²) in [6, 6.07) is 12.2. The van der Waals surface area contributed by atoms with Gasteiger partial charge in [-0.25, -0.2) is 13.2 Å². The van der Waals surface area contributed by atoms with Crippen molar-refractivity contribution in [1.82, 2.24) is 4.31 Å². The first-order valence-corrected chi connectivity index (χ1v) is 10.9. The minimum atomic E-state index is -3.71. The minimum absolute atomic E-state index is 0.0349. The molecule has 0 saturated carbocycles. The molecular formula is C20H20ClNO4S. The lowest BCUT2D eigenvalue weighted by Gasteiger charge is -2.18. The zero-order chi connectivity index (χ0) is 19.0. The van der Waals surface area contributed by atoms with Gasteiger partial charge in [-0.05, 0) is 55.0 Å². The summed E-state index contributed by atoms with van der Waals surface area (Å²) in [5.74, 6) is -0.536. The molecule has 0 spiro atoms. The van der Waals surface area contributed by atoms with Crippen LogP contribution in [0.1, 0.15) is 46.9 Å². The Bertz CT molecular complexity index is 983. The van der Waals surface area contributed by atoms with Gasteiger partial charge in [0, 0.05) is 13.1 Å². The first-order chi connectivity index (χ1) is 13.0. The molecule has 1 atom stereocenters. The summed E-state index contributed by atoms with van der Waals surface area (Å²) in [7, 11) is -3.71. The fraction of sp³-hybridized carbons (Fsp3) is 0.350. The third-order valence-corrected chi connectivity index (χ3v) is 7.56. The van der Waals surface area contributed by atoms with E-state index in [1.165, 1.54) is 28.1 Å². The second-order valence-electron chi connectivity index (χ2n) is 6.89. The van der Waals surface area contributed by atoms with Crippen LogP contribution in [0.25, 0.3) is 0 Å². The molecule has 1 saturated heterocycles. The summed E-state index contributed by atoms with van der Waals surface area (Å²) in [6.07, 6.45) is 2.96. The Morgan fingerprint density at radius 3 is 2.63 bits per heavy atom. The second kappa shape index (κ2) is 7.26. The van der Waals surface area contributed by atoms with Crippen LogP contribution in [-0.4, -0.2) is 31.8 Å². The van der Waals surface area contributed by atoms with E-state index >= 15 is 0 Å². The highest BCUT2D eigenvalue weighted by Crippen LogP contribution is 2.35. The van der Waals surface area contributed by atoms with E-state index in [2.05, 4.69) is 0 Å². The van der Waals surface area contributed by atoms with E-state index < -0.39 is 16.0 Å². The lowest BCUT2D eigenvalue weighted by atomic mass is 10.1. The SMILES string of the molecule is O=C(O[C@@H]1CCc2ccccc21)c1ccc(Cl)c(S(=O)(=O)N2CCCC2)c1. The van der Waals surface area contributed by atoms with Crippen molar-refractivity contribution in [2.45, 2.75) is 36.7 Å². The molecule has 2 aromatic rings. The third kappa shape index (κ3) is 3.49. The number of aryl methyl sites for hydroxylation is 1. The third-order valence-electron chi connectivity index (χ3n) is 5.18. The monoisotopic (exact) mass is 405 g/mol. The second-order valence-corrected chi connectivity index (χ2v) is 9.20. The van der Waals surface area contributed by atoms with Crippen LogP contribution in [0.4, 0.5) is 0 Å². The van der Waals surface area contributed by atoms with Crippen molar-refractivity contribution in [1.29, 1.82) is 0 Å². The number of sulfonamides is 1. The van der Waals surface area contributed by atoms with Crippen molar-refractivity contribution in [3.63, 3.8) is 0 Å². The Morgan fingerprint density at radius 2 is 1.85 bits per heavy atom. The number of carbonyl (C=O) groups is 1. The predicted octanol–water partition coefficient (Wildman–Crippen LogP) is 3.97. The lowest BCUT2D eigenvalue weighted by molar-refractivity contribution is 0.0301. The normalized spacial score (nSPS) is 19.8. The van der Waals surface area contributed by atoms with Crippen LogP contribution in [0, 0.1) is 0 Å². The van der Waals surface area contributed by atoms with Crippen LogP contribution < -0.4 is 0 Å². The molecule has 0 unspecified atom stereocenters. The van der Waals surface area contributed by atoms with Crippen LogP contribution in [0.3, 0.4) is 0 Å². The van der Waals surface area contributed by atoms with Crippen LogP contribution >= 0.6 is 11.6 Å². The average Bonchev–Trinajstić information content (AvgIpc) is 3.33. The topological polar surface area (TPSA) is 63.7 Å². The van der Waals surface area contributed by atoms with E-state index in [0.29, 0.717) is 13.1 Å². The van der Waals surface area contributed by atoms with Gasteiger partial charge in [0.1, 0.15) is 11.0 Å². The van der Waals surface area contributed by atoms with Crippen molar-refractivity contribution in [3.05, 3.63) is 64.2 Å². The fourth-order valence-electron chi connectivity index (χ4n) is 3.73. The number of nitrogens with zero attached hydrogens (tertiary/aromatic N) is 1. The van der Waals surface area contributed by atoms with Gasteiger partial charge >= 0.3 is 5.97 Å². The predicted molar refractivity (Wildman–Crippen MR) is 102 cm³/mol. The number of benzene rings is 2. The van der Waals surface area contributed by atoms with Gasteiger partial charge in [-0.15, -0.1) is 0 Å². The Morgan fingerprint density at radius 1 is 1.11 bits per heavy atom. The molecule has 2 aliphatic rings. The molecule has 142 valence electrons. The van der Waals surface area contributed by atoms with Gasteiger partial charge in [-0.2, -0.15) is 4.31 Å². The van der Waals surface area contributed by atoms with Gasteiger partial charge in [0.05, 0.1) is 10.6 Å². The van der Waals surface area contributed by atoms with E-state index in [1.54, 1.807) is 0 Å². The Balaban J connectivity index is 1.59. The smallest absolute Gasteiger partial charge is 0.338 e. The molecule has 0 radical (unpaired) electrons. The van der Waals surface area contributed by atoms with Crippen molar-refractivity contribution < 1.29 is 17.9 Å². The lowest BCUT2D eigenvalue weighted by Crippen LogP contribution is -2.28. The fourth-order valence-corrected chi connectivity index (χ4v) is 5.75. The van der Waals surface area contributed by atoms with Crippen molar-refractivity contribution in [2.75, 3.05) is 13.1 Å². The zero-order valence-electron chi connectivity index (χ0n) is 14.7. The minimum Gasteiger partial charge on any atom is -0.454 e. The standard InChI is InChI=1S/C20H20ClNO4S/c21-17-9-7-15(13-19(17)27(24,25)22-11-3-4-12-22)20(23)26-18-10-8-14-5-1-2-6-16(14)18/h1-2,5-7,9,13,18H,3-4,8,10-12H2/t18-/m1/s1. The molecule has 5 nitrogen and oxygen atoms in total. The number of carbonyl (C=O) groups excluding carboxylic acids is 1. The first-order valence-electron chi connectivity index (χ1n) is 9.05. The molecule has 0 N–H and O–H groups in total. The number of esters is 1. The zero-order valence-corrected chi connectivity index (χ0v) is 16.3. The summed E-state index contributed by atoms with van der Waals surface area (Å²) in [5, 5.41) is 0.115. The number of halogens is 1. The van der Waals surface area contributed by atoms with Crippen LogP contribution in [0.2, 0.25) is 5.02 Å². The summed E-state index contributed by atoms with van der Waals surface area (Å²) in [5.41, 5.74) is 2.40. The molecule has 1 aliphatic heterocycles. The van der Waals surface area contributed by atoms with Crippen LogP contribution in [0.5, 0.6) is 0 Å². The van der Waals surface area contributed by atoms with E-state index in [0.717, 1.165) is 31.2 Å². The maximum absolute atomic E-state index is 12.8. The molecule has 27 heavy (non-hydrogen) atoms. The van der Waals surface area contributed by atoms with Gasteiger partial charge in [-0.1, -0.05) is 35.9 Å². The Labute approximate surface area is 163 Å². The van der Waals surface area contributed by atoms with Crippen LogP contribution in [0.15, 0.2) is 47.4 Å². The number of fused-ring (bicyclic) bond motifs is 1. The quantitative estimate of drug-likeness (QED) is 0.722. The molecule has 4 rings (SSSR count). The highest BCUT2D eigenvalue weighted by atomic mass is 35.5. The molecule has 1 fully saturated rings. The maximum Gasteiger partial charge on any atom is 0.338 e. The maximum atomic E-state index is 12.8. The number of hydrogen-bond acceptors (Lipinski definition) is 4. The van der Waals surface area contributed by atoms with Gasteiger partial charge in [0.15, 0.2) is 0 Å². The van der Waals surface area contributed by atoms with E-state index in [9.17, 15) is 13.2 Å². The molecule has 0 bridgehead atoms. The molecule has 1 heterocycles. The number of ether oxygens (including phenoxy) is 1. The number of rotatable bonds is 4. The van der Waals surface area contributed by atoms with Crippen LogP contribution in [-0.2, 0) is 21.2 Å². The van der Waals surface area contributed by atoms with Crippen molar-refractivity contribution in [2.24, 2.45) is 0 Å². The number of hydrogen-bond donors (Lipinski definition) is 0. The summed E-state index contributed by atoms with van der Waals surface area (Å²) in [4.78, 5) is 12.6. The highest BCUT2D eigenvalue weighted by Gasteiger charge is 2.31. The first kappa shape index (κ1) is 18.5. The van der Waals surface area contributed by atoms with E-state index in [4.69, 9.17) is 16.3 Å². The molecule has 7 heteroatoms. The van der Waals surface area contributed by atoms with Crippen molar-refractivity contribution >= 4 is 27.6 Å². The van der Waals surface area contributed by atoms with Gasteiger partial charge in [-0.3, -0.25) is 0 Å². The molecule has 1 aliphatic carbocycles.